The Morgan fingerprint density at radius 1 is 1.14 bits per heavy atom. The summed E-state index contributed by atoms with van der Waals surface area (Å²) in [5.74, 6) is -0.213. The smallest absolute Gasteiger partial charge is 0.123 e. The highest BCUT2D eigenvalue weighted by Crippen LogP contribution is 2.36. The largest absolute Gasteiger partial charge is 0.360 e. The fraction of sp³-hybridized carbons (Fsp3) is 0.176. The zero-order valence-corrected chi connectivity index (χ0v) is 12.6. The van der Waals surface area contributed by atoms with Gasteiger partial charge in [0.25, 0.3) is 0 Å². The van der Waals surface area contributed by atoms with Crippen LogP contribution in [0, 0.1) is 12.7 Å². The second-order valence-corrected chi connectivity index (χ2v) is 6.18. The lowest BCUT2D eigenvalue weighted by atomic mass is 10.1. The van der Waals surface area contributed by atoms with E-state index >= 15 is 0 Å². The van der Waals surface area contributed by atoms with E-state index in [0.717, 1.165) is 22.2 Å². The summed E-state index contributed by atoms with van der Waals surface area (Å²) in [5.41, 5.74) is 9.12. The van der Waals surface area contributed by atoms with Gasteiger partial charge in [-0.05, 0) is 49.7 Å². The number of fused-ring (bicyclic) bond motifs is 1. The number of hydrogen-bond acceptors (Lipinski definition) is 2. The van der Waals surface area contributed by atoms with Gasteiger partial charge in [-0.3, -0.25) is 0 Å². The molecule has 0 spiro atoms. The van der Waals surface area contributed by atoms with E-state index in [2.05, 4.69) is 30.1 Å². The van der Waals surface area contributed by atoms with Crippen molar-refractivity contribution in [3.63, 3.8) is 0 Å². The Morgan fingerprint density at radius 2 is 2.00 bits per heavy atom. The molecule has 0 amide bonds. The van der Waals surface area contributed by atoms with Crippen molar-refractivity contribution in [1.82, 2.24) is 4.98 Å². The third-order valence-corrected chi connectivity index (χ3v) is 4.63. The van der Waals surface area contributed by atoms with Gasteiger partial charge < -0.3 is 10.7 Å². The first kappa shape index (κ1) is 14.2. The lowest BCUT2D eigenvalue weighted by molar-refractivity contribution is 0.629. The van der Waals surface area contributed by atoms with Gasteiger partial charge in [-0.15, -0.1) is 0 Å². The van der Waals surface area contributed by atoms with Crippen molar-refractivity contribution in [3.05, 3.63) is 59.5 Å². The first-order valence-corrected chi connectivity index (χ1v) is 7.73. The Kier molecular flexibility index (Phi) is 3.99. The minimum atomic E-state index is -0.213. The van der Waals surface area contributed by atoms with Crippen LogP contribution in [0.25, 0.3) is 10.9 Å². The average Bonchev–Trinajstić information content (AvgIpc) is 2.84. The molecule has 0 aliphatic heterocycles. The molecule has 0 unspecified atom stereocenters. The van der Waals surface area contributed by atoms with Crippen LogP contribution >= 0.6 is 11.8 Å². The molecule has 0 saturated carbocycles. The number of nitrogens with two attached hydrogens (primary N) is 1. The number of hydrogen-bond donors (Lipinski definition) is 2. The van der Waals surface area contributed by atoms with E-state index in [-0.39, 0.29) is 5.82 Å². The van der Waals surface area contributed by atoms with E-state index in [4.69, 9.17) is 5.73 Å². The summed E-state index contributed by atoms with van der Waals surface area (Å²) in [4.78, 5) is 5.40. The SMILES string of the molecule is Cc1ccc(Sc2c[nH]c3ccc(F)cc23)c(CCN)c1. The van der Waals surface area contributed by atoms with E-state index in [1.54, 1.807) is 23.9 Å². The molecule has 21 heavy (non-hydrogen) atoms. The standard InChI is InChI=1S/C17H17FN2S/c1-11-2-5-16(12(8-11)6-7-19)21-17-10-20-15-4-3-13(18)9-14(15)17/h2-5,8-10,20H,6-7,19H2,1H3. The van der Waals surface area contributed by atoms with Crippen LogP contribution in [0.4, 0.5) is 4.39 Å². The van der Waals surface area contributed by atoms with Crippen LogP contribution < -0.4 is 5.73 Å². The maximum atomic E-state index is 13.4. The molecule has 0 fully saturated rings. The van der Waals surface area contributed by atoms with E-state index in [0.29, 0.717) is 6.54 Å². The van der Waals surface area contributed by atoms with Gasteiger partial charge in [0.05, 0.1) is 0 Å². The third kappa shape index (κ3) is 2.96. The fourth-order valence-electron chi connectivity index (χ4n) is 2.43. The fourth-order valence-corrected chi connectivity index (χ4v) is 3.49. The molecule has 3 rings (SSSR count). The molecule has 3 aromatic rings. The maximum absolute atomic E-state index is 13.4. The monoisotopic (exact) mass is 300 g/mol. The average molecular weight is 300 g/mol. The Labute approximate surface area is 127 Å². The molecule has 2 nitrogen and oxygen atoms in total. The second kappa shape index (κ2) is 5.92. The molecule has 0 aliphatic carbocycles. The van der Waals surface area contributed by atoms with Crippen LogP contribution in [0.1, 0.15) is 11.1 Å². The van der Waals surface area contributed by atoms with Gasteiger partial charge in [0.2, 0.25) is 0 Å². The normalized spacial score (nSPS) is 11.2. The predicted molar refractivity (Wildman–Crippen MR) is 86.3 cm³/mol. The second-order valence-electron chi connectivity index (χ2n) is 5.09. The van der Waals surface area contributed by atoms with Crippen LogP contribution in [0.2, 0.25) is 0 Å². The molecule has 108 valence electrons. The van der Waals surface area contributed by atoms with Crippen molar-refractivity contribution in [2.45, 2.75) is 23.1 Å². The highest BCUT2D eigenvalue weighted by atomic mass is 32.2. The number of H-pyrrole nitrogens is 1. The van der Waals surface area contributed by atoms with Crippen molar-refractivity contribution in [3.8, 4) is 0 Å². The van der Waals surface area contributed by atoms with Crippen molar-refractivity contribution in [2.24, 2.45) is 5.73 Å². The number of halogens is 1. The van der Waals surface area contributed by atoms with Gasteiger partial charge >= 0.3 is 0 Å². The first-order valence-electron chi connectivity index (χ1n) is 6.91. The van der Waals surface area contributed by atoms with Gasteiger partial charge in [-0.2, -0.15) is 0 Å². The Bertz CT molecular complexity index is 780. The number of rotatable bonds is 4. The predicted octanol–water partition coefficient (Wildman–Crippen LogP) is 4.27. The number of benzene rings is 2. The highest BCUT2D eigenvalue weighted by Gasteiger charge is 2.09. The molecule has 0 bridgehead atoms. The summed E-state index contributed by atoms with van der Waals surface area (Å²) in [6.45, 7) is 2.70. The van der Waals surface area contributed by atoms with Crippen LogP contribution in [0.15, 0.2) is 52.4 Å². The van der Waals surface area contributed by atoms with E-state index in [9.17, 15) is 4.39 Å². The number of aryl methyl sites for hydroxylation is 1. The zero-order chi connectivity index (χ0) is 14.8. The maximum Gasteiger partial charge on any atom is 0.123 e. The minimum Gasteiger partial charge on any atom is -0.360 e. The summed E-state index contributed by atoms with van der Waals surface area (Å²) < 4.78 is 13.4. The van der Waals surface area contributed by atoms with Gasteiger partial charge in [-0.1, -0.05) is 29.5 Å². The minimum absolute atomic E-state index is 0.213. The molecule has 2 aromatic carbocycles. The number of aromatic nitrogens is 1. The van der Waals surface area contributed by atoms with Gasteiger partial charge in [0.15, 0.2) is 0 Å². The summed E-state index contributed by atoms with van der Waals surface area (Å²) in [5, 5.41) is 0.916. The number of aromatic amines is 1. The van der Waals surface area contributed by atoms with Crippen molar-refractivity contribution in [2.75, 3.05) is 6.54 Å². The third-order valence-electron chi connectivity index (χ3n) is 3.46. The molecular formula is C17H17FN2S. The van der Waals surface area contributed by atoms with E-state index < -0.39 is 0 Å². The zero-order valence-electron chi connectivity index (χ0n) is 11.8. The molecular weight excluding hydrogens is 283 g/mol. The molecule has 4 heteroatoms. The van der Waals surface area contributed by atoms with Crippen LogP contribution in [-0.2, 0) is 6.42 Å². The number of nitrogens with one attached hydrogen (secondary N) is 1. The molecule has 1 aromatic heterocycles. The molecule has 3 N–H and O–H groups in total. The van der Waals surface area contributed by atoms with Crippen molar-refractivity contribution in [1.29, 1.82) is 0 Å². The van der Waals surface area contributed by atoms with Crippen LogP contribution in [0.5, 0.6) is 0 Å². The topological polar surface area (TPSA) is 41.8 Å². The molecule has 0 aliphatic rings. The molecule has 0 atom stereocenters. The molecule has 0 saturated heterocycles. The quantitative estimate of drug-likeness (QED) is 0.755. The van der Waals surface area contributed by atoms with Crippen molar-refractivity contribution < 1.29 is 4.39 Å². The lowest BCUT2D eigenvalue weighted by Crippen LogP contribution is -2.03. The van der Waals surface area contributed by atoms with Crippen LogP contribution in [-0.4, -0.2) is 11.5 Å². The Morgan fingerprint density at radius 3 is 2.81 bits per heavy atom. The summed E-state index contributed by atoms with van der Waals surface area (Å²) in [7, 11) is 0. The summed E-state index contributed by atoms with van der Waals surface area (Å²) >= 11 is 1.65. The van der Waals surface area contributed by atoms with Gasteiger partial charge in [-0.25, -0.2) is 4.39 Å². The highest BCUT2D eigenvalue weighted by molar-refractivity contribution is 7.99. The van der Waals surface area contributed by atoms with Crippen molar-refractivity contribution >= 4 is 22.7 Å². The van der Waals surface area contributed by atoms with Crippen LogP contribution in [0.3, 0.4) is 0 Å². The van der Waals surface area contributed by atoms with Gasteiger partial charge in [0, 0.05) is 26.9 Å². The van der Waals surface area contributed by atoms with Gasteiger partial charge in [0.1, 0.15) is 5.82 Å². The van der Waals surface area contributed by atoms with E-state index in [1.165, 1.54) is 22.1 Å². The van der Waals surface area contributed by atoms with E-state index in [1.807, 2.05) is 6.20 Å². The first-order chi connectivity index (χ1) is 10.2. The summed E-state index contributed by atoms with van der Waals surface area (Å²) in [6, 6.07) is 11.2. The Hall–Kier alpha value is -1.78. The Balaban J connectivity index is 2.00. The summed E-state index contributed by atoms with van der Waals surface area (Å²) in [6.07, 6.45) is 2.78. The molecule has 1 heterocycles. The molecule has 0 radical (unpaired) electrons. The lowest BCUT2D eigenvalue weighted by Gasteiger charge is -2.09.